The Kier molecular flexibility index (Phi) is 13.9. The van der Waals surface area contributed by atoms with Crippen molar-refractivity contribution >= 4 is 11.6 Å². The summed E-state index contributed by atoms with van der Waals surface area (Å²) in [7, 11) is 0. The third-order valence-corrected chi connectivity index (χ3v) is 9.58. The SMILES string of the molecule is CCCC(CCCCc1ccccc1)(CCCc1ccccc1)C(C=Cc1ccccc1)=C(C=CCc1ccccc1)c1ccccc1. The topological polar surface area (TPSA) is 0 Å². The van der Waals surface area contributed by atoms with Gasteiger partial charge >= 0.3 is 0 Å². The number of rotatable bonds is 18. The first-order valence-electron chi connectivity index (χ1n) is 18.1. The van der Waals surface area contributed by atoms with Crippen LogP contribution in [0.4, 0.5) is 0 Å². The van der Waals surface area contributed by atoms with E-state index in [9.17, 15) is 0 Å². The van der Waals surface area contributed by atoms with E-state index in [0.29, 0.717) is 0 Å². The van der Waals surface area contributed by atoms with Crippen molar-refractivity contribution < 1.29 is 0 Å². The van der Waals surface area contributed by atoms with Gasteiger partial charge in [-0.2, -0.15) is 0 Å². The highest BCUT2D eigenvalue weighted by Crippen LogP contribution is 2.47. The molecular formula is C48H52. The molecule has 1 unspecified atom stereocenters. The standard InChI is InChI=1S/C48H52/c1-2-38-48(40-21-32-43-26-12-5-13-27-43,39-19-18-30-41-22-8-3-9-23-41)47(37-36-44-28-14-6-15-29-44)46(45-33-16-7-17-34-45)35-20-31-42-24-10-4-11-25-42/h3-17,20,22-29,33-37H,2,18-19,21,30-32,38-40H2,1H3. The van der Waals surface area contributed by atoms with Crippen molar-refractivity contribution in [2.24, 2.45) is 5.41 Å². The first-order valence-corrected chi connectivity index (χ1v) is 18.1. The molecule has 5 rings (SSSR count). The van der Waals surface area contributed by atoms with Crippen LogP contribution >= 0.6 is 0 Å². The quantitative estimate of drug-likeness (QED) is 0.0669. The average molecular weight is 629 g/mol. The molecule has 0 aliphatic carbocycles. The van der Waals surface area contributed by atoms with E-state index in [2.05, 4.69) is 183 Å². The number of hydrogen-bond acceptors (Lipinski definition) is 0. The predicted octanol–water partition coefficient (Wildman–Crippen LogP) is 13.2. The maximum Gasteiger partial charge on any atom is -0.00408 e. The number of allylic oxidation sites excluding steroid dienone is 5. The molecule has 0 aromatic heterocycles. The lowest BCUT2D eigenvalue weighted by atomic mass is 9.66. The highest BCUT2D eigenvalue weighted by molar-refractivity contribution is 5.81. The molecule has 0 amide bonds. The van der Waals surface area contributed by atoms with Gasteiger partial charge < -0.3 is 0 Å². The number of unbranched alkanes of at least 4 members (excludes halogenated alkanes) is 1. The fraction of sp³-hybridized carbons (Fsp3) is 0.250. The van der Waals surface area contributed by atoms with Crippen LogP contribution in [0.2, 0.25) is 0 Å². The van der Waals surface area contributed by atoms with Gasteiger partial charge in [-0.3, -0.25) is 0 Å². The van der Waals surface area contributed by atoms with Gasteiger partial charge in [0.15, 0.2) is 0 Å². The molecule has 0 saturated carbocycles. The Balaban J connectivity index is 1.59. The van der Waals surface area contributed by atoms with Crippen molar-refractivity contribution in [3.8, 4) is 0 Å². The van der Waals surface area contributed by atoms with Crippen molar-refractivity contribution in [2.75, 3.05) is 0 Å². The van der Waals surface area contributed by atoms with E-state index >= 15 is 0 Å². The molecule has 0 heterocycles. The summed E-state index contributed by atoms with van der Waals surface area (Å²) in [5, 5.41) is 0. The van der Waals surface area contributed by atoms with E-state index in [1.807, 2.05) is 0 Å². The van der Waals surface area contributed by atoms with Crippen LogP contribution in [-0.2, 0) is 19.3 Å². The van der Waals surface area contributed by atoms with Crippen LogP contribution in [0.3, 0.4) is 0 Å². The van der Waals surface area contributed by atoms with Gasteiger partial charge in [0.05, 0.1) is 0 Å². The lowest BCUT2D eigenvalue weighted by Crippen LogP contribution is -2.25. The van der Waals surface area contributed by atoms with Crippen LogP contribution in [0, 0.1) is 5.41 Å². The summed E-state index contributed by atoms with van der Waals surface area (Å²) in [6.07, 6.45) is 21.1. The summed E-state index contributed by atoms with van der Waals surface area (Å²) < 4.78 is 0. The predicted molar refractivity (Wildman–Crippen MR) is 209 cm³/mol. The second kappa shape index (κ2) is 19.2. The molecule has 0 fully saturated rings. The number of hydrogen-bond donors (Lipinski definition) is 0. The Labute approximate surface area is 290 Å². The molecule has 5 aromatic rings. The van der Waals surface area contributed by atoms with Crippen LogP contribution in [0.5, 0.6) is 0 Å². The minimum atomic E-state index is 0.0494. The lowest BCUT2D eigenvalue weighted by Gasteiger charge is -2.38. The molecule has 0 heteroatoms. The zero-order valence-electron chi connectivity index (χ0n) is 28.8. The molecule has 0 saturated heterocycles. The van der Waals surface area contributed by atoms with Gasteiger partial charge in [-0.25, -0.2) is 0 Å². The Hall–Kier alpha value is -4.68. The smallest absolute Gasteiger partial charge is 0.00408 e. The summed E-state index contributed by atoms with van der Waals surface area (Å²) >= 11 is 0. The molecule has 5 aromatic carbocycles. The Morgan fingerprint density at radius 3 is 1.58 bits per heavy atom. The maximum atomic E-state index is 2.49. The van der Waals surface area contributed by atoms with Crippen molar-refractivity contribution in [1.82, 2.24) is 0 Å². The minimum absolute atomic E-state index is 0.0494. The van der Waals surface area contributed by atoms with Gasteiger partial charge in [0.2, 0.25) is 0 Å². The first-order chi connectivity index (χ1) is 23.8. The molecule has 0 bridgehead atoms. The summed E-state index contributed by atoms with van der Waals surface area (Å²) in [5.74, 6) is 0. The van der Waals surface area contributed by atoms with Crippen molar-refractivity contribution in [3.05, 3.63) is 203 Å². The number of benzene rings is 5. The largest absolute Gasteiger partial charge is 0.0795 e. The number of aryl methyl sites for hydroxylation is 2. The Morgan fingerprint density at radius 1 is 0.500 bits per heavy atom. The van der Waals surface area contributed by atoms with Crippen molar-refractivity contribution in [2.45, 2.75) is 71.1 Å². The van der Waals surface area contributed by atoms with Crippen molar-refractivity contribution in [1.29, 1.82) is 0 Å². The minimum Gasteiger partial charge on any atom is -0.0795 e. The second-order valence-electron chi connectivity index (χ2n) is 13.1. The molecule has 0 radical (unpaired) electrons. The molecule has 0 aliphatic heterocycles. The zero-order valence-corrected chi connectivity index (χ0v) is 28.8. The van der Waals surface area contributed by atoms with E-state index < -0.39 is 0 Å². The zero-order chi connectivity index (χ0) is 33.1. The van der Waals surface area contributed by atoms with E-state index in [1.54, 1.807) is 0 Å². The highest BCUT2D eigenvalue weighted by atomic mass is 14.4. The highest BCUT2D eigenvalue weighted by Gasteiger charge is 2.33. The van der Waals surface area contributed by atoms with Gasteiger partial charge in [0.1, 0.15) is 0 Å². The molecule has 0 aliphatic rings. The second-order valence-corrected chi connectivity index (χ2v) is 13.1. The average Bonchev–Trinajstić information content (AvgIpc) is 3.15. The van der Waals surface area contributed by atoms with E-state index in [4.69, 9.17) is 0 Å². The summed E-state index contributed by atoms with van der Waals surface area (Å²) in [6, 6.07) is 54.8. The van der Waals surface area contributed by atoms with Crippen molar-refractivity contribution in [3.63, 3.8) is 0 Å². The molecule has 48 heavy (non-hydrogen) atoms. The van der Waals surface area contributed by atoms with Crippen LogP contribution in [0.15, 0.2) is 175 Å². The Bertz CT molecular complexity index is 1680. The van der Waals surface area contributed by atoms with Gasteiger partial charge in [-0.1, -0.05) is 196 Å². The molecule has 1 atom stereocenters. The normalized spacial score (nSPS) is 13.4. The molecule has 244 valence electrons. The fourth-order valence-corrected chi connectivity index (χ4v) is 7.15. The molecule has 0 spiro atoms. The summed E-state index contributed by atoms with van der Waals surface area (Å²) in [6.45, 7) is 2.38. The van der Waals surface area contributed by atoms with Gasteiger partial charge in [0.25, 0.3) is 0 Å². The van der Waals surface area contributed by atoms with E-state index in [1.165, 1.54) is 77.5 Å². The van der Waals surface area contributed by atoms with Crippen LogP contribution < -0.4 is 0 Å². The third kappa shape index (κ3) is 10.7. The van der Waals surface area contributed by atoms with Crippen LogP contribution in [0.25, 0.3) is 11.6 Å². The molecule has 0 nitrogen and oxygen atoms in total. The summed E-state index contributed by atoms with van der Waals surface area (Å²) in [4.78, 5) is 0. The van der Waals surface area contributed by atoms with Gasteiger partial charge in [-0.15, -0.1) is 0 Å². The monoisotopic (exact) mass is 628 g/mol. The first kappa shape index (κ1) is 34.6. The molecular weight excluding hydrogens is 577 g/mol. The lowest BCUT2D eigenvalue weighted by molar-refractivity contribution is 0.264. The van der Waals surface area contributed by atoms with Crippen LogP contribution in [0.1, 0.15) is 79.7 Å². The summed E-state index contributed by atoms with van der Waals surface area (Å²) in [5.41, 5.74) is 9.64. The Morgan fingerprint density at radius 2 is 1.00 bits per heavy atom. The van der Waals surface area contributed by atoms with E-state index in [0.717, 1.165) is 25.7 Å². The molecule has 0 N–H and O–H groups in total. The van der Waals surface area contributed by atoms with E-state index in [-0.39, 0.29) is 5.41 Å². The third-order valence-electron chi connectivity index (χ3n) is 9.58. The fourth-order valence-electron chi connectivity index (χ4n) is 7.15. The maximum absolute atomic E-state index is 2.49. The van der Waals surface area contributed by atoms with Gasteiger partial charge in [-0.05, 0) is 95.7 Å². The van der Waals surface area contributed by atoms with Crippen LogP contribution in [-0.4, -0.2) is 0 Å². The van der Waals surface area contributed by atoms with Gasteiger partial charge in [0, 0.05) is 0 Å².